The first-order chi connectivity index (χ1) is 14.6. The van der Waals surface area contributed by atoms with Crippen molar-refractivity contribution in [2.75, 3.05) is 6.54 Å². The van der Waals surface area contributed by atoms with Gasteiger partial charge in [-0.1, -0.05) is 109 Å². The lowest BCUT2D eigenvalue weighted by molar-refractivity contribution is -0.138. The lowest BCUT2D eigenvalue weighted by Crippen LogP contribution is -2.40. The van der Waals surface area contributed by atoms with Gasteiger partial charge in [0, 0.05) is 12.8 Å². The van der Waals surface area contributed by atoms with Crippen LogP contribution < -0.4 is 5.73 Å². The molecule has 0 aromatic heterocycles. The van der Waals surface area contributed by atoms with Gasteiger partial charge < -0.3 is 10.8 Å². The van der Waals surface area contributed by atoms with Crippen LogP contribution in [-0.4, -0.2) is 23.0 Å². The van der Waals surface area contributed by atoms with Crippen molar-refractivity contribution in [3.05, 3.63) is 35.4 Å². The molecule has 0 aliphatic rings. The van der Waals surface area contributed by atoms with E-state index < -0.39 is 5.60 Å². The Morgan fingerprint density at radius 1 is 0.800 bits per heavy atom. The maximum atomic E-state index is 12.8. The largest absolute Gasteiger partial charge is 0.382 e. The van der Waals surface area contributed by atoms with E-state index >= 15 is 0 Å². The molecule has 1 unspecified atom stereocenters. The molecule has 1 aromatic rings. The number of aliphatic hydroxyl groups is 1. The molecule has 0 bridgehead atoms. The van der Waals surface area contributed by atoms with Crippen LogP contribution in [0.3, 0.4) is 0 Å². The number of hydrogen-bond acceptors (Lipinski definition) is 3. The second-order valence-corrected chi connectivity index (χ2v) is 9.02. The SMILES string of the molecule is CCCCCCCCCCCCCC(=O)C(O)(CCC)Cc1ccc(CCN)cc1. The van der Waals surface area contributed by atoms with Crippen LogP contribution in [-0.2, 0) is 17.6 Å². The van der Waals surface area contributed by atoms with Crippen LogP contribution in [0.2, 0.25) is 0 Å². The van der Waals surface area contributed by atoms with Gasteiger partial charge in [0.05, 0.1) is 0 Å². The monoisotopic (exact) mass is 417 g/mol. The van der Waals surface area contributed by atoms with Gasteiger partial charge in [-0.3, -0.25) is 4.79 Å². The van der Waals surface area contributed by atoms with Crippen LogP contribution in [0.1, 0.15) is 115 Å². The summed E-state index contributed by atoms with van der Waals surface area (Å²) in [6.07, 6.45) is 17.1. The quantitative estimate of drug-likeness (QED) is 0.251. The maximum Gasteiger partial charge on any atom is 0.164 e. The van der Waals surface area contributed by atoms with Crippen LogP contribution in [0.15, 0.2) is 24.3 Å². The highest BCUT2D eigenvalue weighted by molar-refractivity contribution is 5.87. The Bertz CT molecular complexity index is 554. The number of nitrogens with two attached hydrogens (primary N) is 1. The van der Waals surface area contributed by atoms with Gasteiger partial charge in [0.25, 0.3) is 0 Å². The standard InChI is InChI=1S/C27H47NO2/c1-3-5-6-7-8-9-10-11-12-13-14-15-26(29)27(30,21-4-2)23-25-18-16-24(17-19-25)20-22-28/h16-19,30H,3-15,20-23,28H2,1-2H3. The third-order valence-corrected chi connectivity index (χ3v) is 6.14. The van der Waals surface area contributed by atoms with E-state index in [2.05, 4.69) is 19.1 Å². The van der Waals surface area contributed by atoms with Crippen LogP contribution >= 0.6 is 0 Å². The average Bonchev–Trinajstić information content (AvgIpc) is 2.73. The third-order valence-electron chi connectivity index (χ3n) is 6.14. The highest BCUT2D eigenvalue weighted by Gasteiger charge is 2.34. The first-order valence-corrected chi connectivity index (χ1v) is 12.6. The summed E-state index contributed by atoms with van der Waals surface area (Å²) in [4.78, 5) is 12.8. The minimum atomic E-state index is -1.22. The molecule has 1 rings (SSSR count). The summed E-state index contributed by atoms with van der Waals surface area (Å²) < 4.78 is 0. The summed E-state index contributed by atoms with van der Waals surface area (Å²) in [5, 5.41) is 11.1. The van der Waals surface area contributed by atoms with E-state index in [-0.39, 0.29) is 5.78 Å². The van der Waals surface area contributed by atoms with E-state index in [0.29, 0.717) is 25.8 Å². The van der Waals surface area contributed by atoms with Crippen molar-refractivity contribution in [3.63, 3.8) is 0 Å². The van der Waals surface area contributed by atoms with Gasteiger partial charge in [-0.15, -0.1) is 0 Å². The number of hydrogen-bond donors (Lipinski definition) is 2. The summed E-state index contributed by atoms with van der Waals surface area (Å²) in [6.45, 7) is 4.93. The summed E-state index contributed by atoms with van der Waals surface area (Å²) in [5.41, 5.74) is 6.62. The highest BCUT2D eigenvalue weighted by atomic mass is 16.3. The number of unbranched alkanes of at least 4 members (excludes halogenated alkanes) is 10. The van der Waals surface area contributed by atoms with E-state index in [1.807, 2.05) is 19.1 Å². The fourth-order valence-electron chi connectivity index (χ4n) is 4.25. The van der Waals surface area contributed by atoms with Crippen LogP contribution in [0, 0.1) is 0 Å². The van der Waals surface area contributed by atoms with Crippen molar-refractivity contribution < 1.29 is 9.90 Å². The molecule has 0 spiro atoms. The van der Waals surface area contributed by atoms with Crippen LogP contribution in [0.5, 0.6) is 0 Å². The van der Waals surface area contributed by atoms with Crippen molar-refractivity contribution in [2.24, 2.45) is 5.73 Å². The van der Waals surface area contributed by atoms with Gasteiger partial charge in [0.1, 0.15) is 5.60 Å². The van der Waals surface area contributed by atoms with Crippen molar-refractivity contribution in [2.45, 2.75) is 122 Å². The molecule has 0 radical (unpaired) electrons. The molecule has 3 heteroatoms. The van der Waals surface area contributed by atoms with Crippen molar-refractivity contribution in [3.8, 4) is 0 Å². The minimum Gasteiger partial charge on any atom is -0.382 e. The molecule has 3 N–H and O–H groups in total. The van der Waals surface area contributed by atoms with Crippen molar-refractivity contribution in [1.29, 1.82) is 0 Å². The van der Waals surface area contributed by atoms with Gasteiger partial charge in [-0.2, -0.15) is 0 Å². The van der Waals surface area contributed by atoms with E-state index in [9.17, 15) is 9.90 Å². The molecule has 0 saturated heterocycles. The lowest BCUT2D eigenvalue weighted by atomic mass is 9.84. The van der Waals surface area contributed by atoms with Gasteiger partial charge in [-0.25, -0.2) is 0 Å². The van der Waals surface area contributed by atoms with E-state index in [1.165, 1.54) is 63.4 Å². The summed E-state index contributed by atoms with van der Waals surface area (Å²) in [5.74, 6) is 0.0197. The molecule has 0 aliphatic heterocycles. The van der Waals surface area contributed by atoms with E-state index in [0.717, 1.165) is 31.2 Å². The first kappa shape index (κ1) is 26.8. The smallest absolute Gasteiger partial charge is 0.164 e. The number of carbonyl (C=O) groups is 1. The molecule has 0 saturated carbocycles. The molecule has 0 aliphatic carbocycles. The zero-order chi connectivity index (χ0) is 22.1. The van der Waals surface area contributed by atoms with E-state index in [4.69, 9.17) is 5.73 Å². The Hall–Kier alpha value is -1.19. The molecule has 0 heterocycles. The predicted molar refractivity (Wildman–Crippen MR) is 129 cm³/mol. The number of benzene rings is 1. The fraction of sp³-hybridized carbons (Fsp3) is 0.741. The molecule has 0 fully saturated rings. The Kier molecular flexibility index (Phi) is 14.8. The topological polar surface area (TPSA) is 63.3 Å². The van der Waals surface area contributed by atoms with E-state index in [1.54, 1.807) is 0 Å². The molecular weight excluding hydrogens is 370 g/mol. The molecular formula is C27H47NO2. The first-order valence-electron chi connectivity index (χ1n) is 12.6. The van der Waals surface area contributed by atoms with Gasteiger partial charge >= 0.3 is 0 Å². The van der Waals surface area contributed by atoms with Crippen LogP contribution in [0.25, 0.3) is 0 Å². The van der Waals surface area contributed by atoms with Crippen LogP contribution in [0.4, 0.5) is 0 Å². The normalized spacial score (nSPS) is 13.3. The summed E-state index contributed by atoms with van der Waals surface area (Å²) >= 11 is 0. The van der Waals surface area contributed by atoms with Gasteiger partial charge in [0.15, 0.2) is 5.78 Å². The van der Waals surface area contributed by atoms with Crippen molar-refractivity contribution in [1.82, 2.24) is 0 Å². The third kappa shape index (κ3) is 11.3. The molecule has 1 atom stereocenters. The summed E-state index contributed by atoms with van der Waals surface area (Å²) in [7, 11) is 0. The number of rotatable bonds is 19. The second kappa shape index (κ2) is 16.5. The molecule has 172 valence electrons. The fourth-order valence-corrected chi connectivity index (χ4v) is 4.25. The zero-order valence-electron chi connectivity index (χ0n) is 19.8. The van der Waals surface area contributed by atoms with Gasteiger partial charge in [-0.05, 0) is 36.9 Å². The number of ketones is 1. The molecule has 0 amide bonds. The highest BCUT2D eigenvalue weighted by Crippen LogP contribution is 2.24. The summed E-state index contributed by atoms with van der Waals surface area (Å²) in [6, 6.07) is 8.17. The zero-order valence-corrected chi connectivity index (χ0v) is 19.8. The Labute approximate surface area is 185 Å². The Morgan fingerprint density at radius 2 is 1.30 bits per heavy atom. The molecule has 1 aromatic carbocycles. The Balaban J connectivity index is 2.30. The maximum absolute atomic E-state index is 12.8. The average molecular weight is 418 g/mol. The Morgan fingerprint density at radius 3 is 1.80 bits per heavy atom. The molecule has 3 nitrogen and oxygen atoms in total. The molecule has 30 heavy (non-hydrogen) atoms. The minimum absolute atomic E-state index is 0.0197. The number of Topliss-reactive ketones (excluding diaryl/α,β-unsaturated/α-hetero) is 1. The van der Waals surface area contributed by atoms with Crippen molar-refractivity contribution >= 4 is 5.78 Å². The van der Waals surface area contributed by atoms with Gasteiger partial charge in [0.2, 0.25) is 0 Å². The number of carbonyl (C=O) groups excluding carboxylic acids is 1. The lowest BCUT2D eigenvalue weighted by Gasteiger charge is -2.27. The second-order valence-electron chi connectivity index (χ2n) is 9.02. The predicted octanol–water partition coefficient (Wildman–Crippen LogP) is 6.53.